The van der Waals surface area contributed by atoms with Crippen LogP contribution in [0, 0.1) is 5.41 Å². The van der Waals surface area contributed by atoms with Crippen LogP contribution >= 0.6 is 23.2 Å². The van der Waals surface area contributed by atoms with E-state index < -0.39 is 0 Å². The number of piperidine rings is 1. The largest absolute Gasteiger partial charge is 0.376 e. The highest BCUT2D eigenvalue weighted by Crippen LogP contribution is 2.51. The first-order valence-corrected chi connectivity index (χ1v) is 13.3. The summed E-state index contributed by atoms with van der Waals surface area (Å²) < 4.78 is 3.77. The Balaban J connectivity index is 1.30. The molecular weight excluding hydrogens is 507 g/mol. The van der Waals surface area contributed by atoms with E-state index in [1.54, 1.807) is 16.8 Å². The number of halogens is 2. The highest BCUT2D eigenvalue weighted by molar-refractivity contribution is 6.44. The molecule has 0 bridgehead atoms. The molecule has 7 nitrogen and oxygen atoms in total. The van der Waals surface area contributed by atoms with Gasteiger partial charge in [-0.3, -0.25) is 4.40 Å². The van der Waals surface area contributed by atoms with Crippen molar-refractivity contribution >= 4 is 45.8 Å². The van der Waals surface area contributed by atoms with Crippen LogP contribution in [-0.4, -0.2) is 37.1 Å². The van der Waals surface area contributed by atoms with Gasteiger partial charge in [0, 0.05) is 48.8 Å². The van der Waals surface area contributed by atoms with Gasteiger partial charge in [0.15, 0.2) is 5.65 Å². The standard InChI is InChI=1S/C28H26Cl2N6O/c29-21-7-3-6-19(23(21)30)20-15-35(16-37)26-22(20)25-32-10-13-36(25)27(33-26)34-11-8-28(9-12-34)14-17-4-1-2-5-18(17)24(28)31/h1-7,10,13,15,24,37H,8-9,11-12,14,16,31H2/t24-/m1/s1. The molecule has 1 aliphatic carbocycles. The number of nitrogens with zero attached hydrogens (tertiary/aromatic N) is 5. The fourth-order valence-electron chi connectivity index (χ4n) is 6.39. The monoisotopic (exact) mass is 532 g/mol. The molecule has 4 heterocycles. The van der Waals surface area contributed by atoms with Gasteiger partial charge >= 0.3 is 0 Å². The van der Waals surface area contributed by atoms with E-state index in [9.17, 15) is 5.11 Å². The molecular formula is C28H26Cl2N6O. The van der Waals surface area contributed by atoms with Gasteiger partial charge in [-0.2, -0.15) is 4.98 Å². The van der Waals surface area contributed by atoms with Crippen molar-refractivity contribution in [1.29, 1.82) is 0 Å². The molecule has 0 radical (unpaired) electrons. The van der Waals surface area contributed by atoms with Crippen LogP contribution in [0.1, 0.15) is 30.0 Å². The van der Waals surface area contributed by atoms with Gasteiger partial charge in [0.2, 0.25) is 5.95 Å². The van der Waals surface area contributed by atoms with E-state index >= 15 is 0 Å². The SMILES string of the molecule is N[C@@H]1c2ccccc2CC12CCN(c1nc3c(c(-c4cccc(Cl)c4Cl)cn3CO)c3nccn13)CC2. The number of hydrogen-bond donors (Lipinski definition) is 2. The van der Waals surface area contributed by atoms with E-state index in [1.807, 2.05) is 28.9 Å². The van der Waals surface area contributed by atoms with E-state index in [0.29, 0.717) is 15.7 Å². The van der Waals surface area contributed by atoms with Gasteiger partial charge in [0.25, 0.3) is 0 Å². The van der Waals surface area contributed by atoms with Crippen LogP contribution in [0.2, 0.25) is 10.0 Å². The molecule has 3 aromatic heterocycles. The molecule has 1 atom stereocenters. The van der Waals surface area contributed by atoms with Gasteiger partial charge in [-0.15, -0.1) is 0 Å². The molecule has 0 saturated carbocycles. The quantitative estimate of drug-likeness (QED) is 0.322. The maximum absolute atomic E-state index is 10.2. The number of anilines is 1. The minimum atomic E-state index is -0.214. The van der Waals surface area contributed by atoms with Crippen molar-refractivity contribution in [3.63, 3.8) is 0 Å². The van der Waals surface area contributed by atoms with Crippen molar-refractivity contribution < 1.29 is 5.11 Å². The molecule has 1 saturated heterocycles. The number of rotatable bonds is 3. The second kappa shape index (κ2) is 8.46. The lowest BCUT2D eigenvalue weighted by Gasteiger charge is -2.42. The Kier molecular flexibility index (Phi) is 5.27. The molecule has 1 aliphatic heterocycles. The number of nitrogens with two attached hydrogens (primary N) is 1. The zero-order valence-corrected chi connectivity index (χ0v) is 21.6. The Morgan fingerprint density at radius 2 is 1.84 bits per heavy atom. The summed E-state index contributed by atoms with van der Waals surface area (Å²) >= 11 is 12.9. The minimum absolute atomic E-state index is 0.0613. The Hall–Kier alpha value is -3.10. The van der Waals surface area contributed by atoms with Crippen molar-refractivity contribution in [2.24, 2.45) is 11.1 Å². The normalized spacial score (nSPS) is 18.8. The molecule has 5 aromatic rings. The van der Waals surface area contributed by atoms with Crippen LogP contribution in [0.4, 0.5) is 5.95 Å². The zero-order valence-electron chi connectivity index (χ0n) is 20.1. The molecule has 37 heavy (non-hydrogen) atoms. The van der Waals surface area contributed by atoms with E-state index in [-0.39, 0.29) is 18.2 Å². The number of aliphatic hydroxyl groups is 1. The van der Waals surface area contributed by atoms with Crippen LogP contribution < -0.4 is 10.6 Å². The number of fused-ring (bicyclic) bond motifs is 4. The second-order valence-electron chi connectivity index (χ2n) is 10.2. The Morgan fingerprint density at radius 3 is 2.62 bits per heavy atom. The second-order valence-corrected chi connectivity index (χ2v) is 11.0. The first-order chi connectivity index (χ1) is 18.0. The Morgan fingerprint density at radius 1 is 1.03 bits per heavy atom. The lowest BCUT2D eigenvalue weighted by Crippen LogP contribution is -2.45. The third-order valence-corrected chi connectivity index (χ3v) is 9.18. The third-order valence-electron chi connectivity index (χ3n) is 8.36. The van der Waals surface area contributed by atoms with Gasteiger partial charge in [-0.05, 0) is 41.9 Å². The first-order valence-electron chi connectivity index (χ1n) is 12.5. The summed E-state index contributed by atoms with van der Waals surface area (Å²) in [5.74, 6) is 0.815. The highest BCUT2D eigenvalue weighted by Gasteiger charge is 2.46. The molecule has 0 unspecified atom stereocenters. The van der Waals surface area contributed by atoms with Crippen LogP contribution in [0.25, 0.3) is 27.8 Å². The molecule has 9 heteroatoms. The summed E-state index contributed by atoms with van der Waals surface area (Å²) in [6.07, 6.45) is 8.61. The Labute approximate surface area is 224 Å². The predicted molar refractivity (Wildman–Crippen MR) is 147 cm³/mol. The van der Waals surface area contributed by atoms with Crippen molar-refractivity contribution in [2.75, 3.05) is 18.0 Å². The van der Waals surface area contributed by atoms with E-state index in [4.69, 9.17) is 38.9 Å². The topological polar surface area (TPSA) is 84.6 Å². The molecule has 0 amide bonds. The van der Waals surface area contributed by atoms with Gasteiger partial charge in [0.05, 0.1) is 15.4 Å². The number of hydrogen-bond acceptors (Lipinski definition) is 5. The van der Waals surface area contributed by atoms with Crippen molar-refractivity contribution in [3.05, 3.63) is 82.2 Å². The predicted octanol–water partition coefficient (Wildman–Crippen LogP) is 5.45. The Bertz CT molecular complexity index is 1670. The van der Waals surface area contributed by atoms with Gasteiger partial charge in [-0.1, -0.05) is 59.6 Å². The average molecular weight is 533 g/mol. The van der Waals surface area contributed by atoms with Crippen LogP contribution in [0.3, 0.4) is 0 Å². The number of aromatic nitrogens is 4. The molecule has 1 spiro atoms. The van der Waals surface area contributed by atoms with E-state index in [1.165, 1.54) is 11.1 Å². The molecule has 2 aliphatic rings. The minimum Gasteiger partial charge on any atom is -0.376 e. The first kappa shape index (κ1) is 23.0. The van der Waals surface area contributed by atoms with Crippen molar-refractivity contribution in [2.45, 2.75) is 32.0 Å². The molecule has 2 aromatic carbocycles. The van der Waals surface area contributed by atoms with Crippen LogP contribution in [-0.2, 0) is 13.2 Å². The summed E-state index contributed by atoms with van der Waals surface area (Å²) in [5, 5.41) is 12.0. The maximum Gasteiger partial charge on any atom is 0.213 e. The van der Waals surface area contributed by atoms with Crippen LogP contribution in [0.5, 0.6) is 0 Å². The molecule has 1 fully saturated rings. The summed E-state index contributed by atoms with van der Waals surface area (Å²) in [6.45, 7) is 1.48. The molecule has 7 rings (SSSR count). The van der Waals surface area contributed by atoms with Gasteiger partial charge in [-0.25, -0.2) is 4.98 Å². The lowest BCUT2D eigenvalue weighted by molar-refractivity contribution is 0.186. The summed E-state index contributed by atoms with van der Waals surface area (Å²) in [5.41, 5.74) is 12.6. The van der Waals surface area contributed by atoms with Crippen LogP contribution in [0.15, 0.2) is 61.1 Å². The lowest BCUT2D eigenvalue weighted by atomic mass is 9.73. The number of benzene rings is 2. The fraction of sp³-hybridized carbons (Fsp3) is 0.286. The maximum atomic E-state index is 10.2. The summed E-state index contributed by atoms with van der Waals surface area (Å²) in [7, 11) is 0. The number of imidazole rings is 1. The van der Waals surface area contributed by atoms with E-state index in [2.05, 4.69) is 29.2 Å². The molecule has 188 valence electrons. The van der Waals surface area contributed by atoms with Crippen molar-refractivity contribution in [1.82, 2.24) is 18.9 Å². The zero-order chi connectivity index (χ0) is 25.3. The van der Waals surface area contributed by atoms with E-state index in [0.717, 1.165) is 60.5 Å². The van der Waals surface area contributed by atoms with Gasteiger partial charge < -0.3 is 20.3 Å². The fourth-order valence-corrected chi connectivity index (χ4v) is 6.79. The number of aliphatic hydroxyl groups excluding tert-OH is 1. The van der Waals surface area contributed by atoms with Gasteiger partial charge in [0.1, 0.15) is 12.4 Å². The third kappa shape index (κ3) is 3.35. The smallest absolute Gasteiger partial charge is 0.213 e. The average Bonchev–Trinajstić information content (AvgIpc) is 3.61. The summed E-state index contributed by atoms with van der Waals surface area (Å²) in [6, 6.07) is 14.2. The molecule has 3 N–H and O–H groups in total. The highest BCUT2D eigenvalue weighted by atomic mass is 35.5. The summed E-state index contributed by atoms with van der Waals surface area (Å²) in [4.78, 5) is 12.1. The van der Waals surface area contributed by atoms with Crippen molar-refractivity contribution in [3.8, 4) is 11.1 Å².